The Kier molecular flexibility index (Phi) is 15.7. The molecule has 0 saturated heterocycles. The first-order valence-corrected chi connectivity index (χ1v) is 11.9. The summed E-state index contributed by atoms with van der Waals surface area (Å²) in [6, 6.07) is 22.1. The van der Waals surface area contributed by atoms with Crippen molar-refractivity contribution in [2.45, 2.75) is 27.2 Å². The lowest BCUT2D eigenvalue weighted by Crippen LogP contribution is -2.25. The summed E-state index contributed by atoms with van der Waals surface area (Å²) >= 11 is 0. The van der Waals surface area contributed by atoms with E-state index in [0.29, 0.717) is 25.9 Å². The number of rotatable bonds is 8. The minimum Gasteiger partial charge on any atom is -0.497 e. The fraction of sp³-hybridized carbons (Fsp3) is 0.276. The smallest absolute Gasteiger partial charge is 0.207 e. The number of nitrogens with zero attached hydrogens (tertiary/aromatic N) is 1. The Labute approximate surface area is 219 Å². The highest BCUT2D eigenvalue weighted by Gasteiger charge is 1.98. The molecule has 0 spiro atoms. The van der Waals surface area contributed by atoms with E-state index in [0.717, 1.165) is 29.1 Å². The number of pyridine rings is 1. The maximum atomic E-state index is 9.54. The van der Waals surface area contributed by atoms with E-state index in [1.165, 1.54) is 16.6 Å². The number of benzene rings is 2. The monoisotopic (exact) mass is 506 g/mol. The van der Waals surface area contributed by atoms with Gasteiger partial charge in [-0.3, -0.25) is 14.6 Å². The van der Waals surface area contributed by atoms with Crippen LogP contribution in [-0.4, -0.2) is 50.1 Å². The van der Waals surface area contributed by atoms with Crippen LogP contribution in [0.25, 0.3) is 10.9 Å². The average molecular weight is 507 g/mol. The third-order valence-electron chi connectivity index (χ3n) is 4.90. The fourth-order valence-corrected chi connectivity index (χ4v) is 2.99. The van der Waals surface area contributed by atoms with Crippen molar-refractivity contribution in [3.63, 3.8) is 0 Å². The van der Waals surface area contributed by atoms with Gasteiger partial charge in [-0.05, 0) is 74.4 Å². The molecule has 198 valence electrons. The summed E-state index contributed by atoms with van der Waals surface area (Å²) in [6.45, 7) is 7.13. The van der Waals surface area contributed by atoms with Gasteiger partial charge in [0, 0.05) is 41.6 Å². The number of amides is 2. The molecular weight excluding hydrogens is 468 g/mol. The maximum Gasteiger partial charge on any atom is 0.207 e. The van der Waals surface area contributed by atoms with Crippen molar-refractivity contribution < 1.29 is 19.1 Å². The molecule has 8 nitrogen and oxygen atoms in total. The molecule has 37 heavy (non-hydrogen) atoms. The van der Waals surface area contributed by atoms with E-state index in [2.05, 4.69) is 45.7 Å². The number of fused-ring (bicyclic) bond motifs is 1. The zero-order valence-corrected chi connectivity index (χ0v) is 22.3. The van der Waals surface area contributed by atoms with Crippen molar-refractivity contribution in [2.24, 2.45) is 0 Å². The van der Waals surface area contributed by atoms with Crippen molar-refractivity contribution >= 4 is 23.7 Å². The van der Waals surface area contributed by atoms with Crippen LogP contribution in [0.3, 0.4) is 0 Å². The normalized spacial score (nSPS) is 9.22. The van der Waals surface area contributed by atoms with Gasteiger partial charge in [-0.1, -0.05) is 25.1 Å². The zero-order chi connectivity index (χ0) is 27.3. The first kappa shape index (κ1) is 30.7. The highest BCUT2D eigenvalue weighted by molar-refractivity contribution is 5.81. The predicted octanol–water partition coefficient (Wildman–Crippen LogP) is 4.61. The Morgan fingerprint density at radius 1 is 0.838 bits per heavy atom. The van der Waals surface area contributed by atoms with Gasteiger partial charge in [-0.15, -0.1) is 0 Å². The number of aryl methyl sites for hydroxylation is 3. The van der Waals surface area contributed by atoms with Crippen LogP contribution in [0, 0.1) is 13.8 Å². The number of H-pyrrole nitrogens is 1. The second-order valence-corrected chi connectivity index (χ2v) is 7.73. The van der Waals surface area contributed by atoms with Gasteiger partial charge >= 0.3 is 0 Å². The number of ether oxygens (including phenoxy) is 2. The van der Waals surface area contributed by atoms with Crippen LogP contribution in [0.4, 0.5) is 0 Å². The highest BCUT2D eigenvalue weighted by Crippen LogP contribution is 2.20. The van der Waals surface area contributed by atoms with Crippen LogP contribution in [-0.2, 0) is 16.0 Å². The highest BCUT2D eigenvalue weighted by atomic mass is 16.5. The van der Waals surface area contributed by atoms with Crippen molar-refractivity contribution in [3.8, 4) is 11.5 Å². The SMILES string of the molecule is CCc1cccc(OC)c1.COc1ccc2[nH]c(C)cc2c1.Cc1ccccn1.O=CNCCNC=O. The van der Waals surface area contributed by atoms with Crippen LogP contribution in [0.15, 0.2) is 72.9 Å². The first-order chi connectivity index (χ1) is 18.0. The lowest BCUT2D eigenvalue weighted by atomic mass is 10.2. The maximum absolute atomic E-state index is 9.54. The average Bonchev–Trinajstić information content (AvgIpc) is 3.32. The lowest BCUT2D eigenvalue weighted by Gasteiger charge is -2.00. The molecule has 0 bridgehead atoms. The predicted molar refractivity (Wildman–Crippen MR) is 149 cm³/mol. The van der Waals surface area contributed by atoms with Crippen LogP contribution in [0.1, 0.15) is 23.9 Å². The Hall–Kier alpha value is -4.33. The molecule has 0 fully saturated rings. The molecule has 2 amide bonds. The van der Waals surface area contributed by atoms with Gasteiger partial charge < -0.3 is 25.1 Å². The molecule has 3 N–H and O–H groups in total. The molecule has 0 aliphatic rings. The zero-order valence-electron chi connectivity index (χ0n) is 22.3. The van der Waals surface area contributed by atoms with E-state index < -0.39 is 0 Å². The minimum absolute atomic E-state index is 0.488. The van der Waals surface area contributed by atoms with Crippen LogP contribution >= 0.6 is 0 Å². The van der Waals surface area contributed by atoms with Crippen LogP contribution < -0.4 is 20.1 Å². The van der Waals surface area contributed by atoms with Crippen molar-refractivity contribution in [2.75, 3.05) is 27.3 Å². The Morgan fingerprint density at radius 2 is 1.51 bits per heavy atom. The molecule has 2 aromatic carbocycles. The molecule has 0 aliphatic carbocycles. The summed E-state index contributed by atoms with van der Waals surface area (Å²) in [4.78, 5) is 26.3. The summed E-state index contributed by atoms with van der Waals surface area (Å²) in [5.41, 5.74) is 4.73. The third kappa shape index (κ3) is 13.4. The van der Waals surface area contributed by atoms with Gasteiger partial charge in [-0.25, -0.2) is 0 Å². The summed E-state index contributed by atoms with van der Waals surface area (Å²) in [7, 11) is 3.37. The quantitative estimate of drug-likeness (QED) is 0.239. The molecule has 0 radical (unpaired) electrons. The first-order valence-electron chi connectivity index (χ1n) is 11.9. The lowest BCUT2D eigenvalue weighted by molar-refractivity contribution is -0.111. The standard InChI is InChI=1S/C10H11NO.C9H12O.C6H7N.C4H8N2O2/c1-7-5-8-6-9(12-2)3-4-10(8)11-7;1-3-8-5-4-6-9(7-8)10-2;1-6-4-2-3-5-7-6;7-3-5-1-2-6-4-8/h3-6,11H,1-2H3;4-7H,3H2,1-2H3;2-5H,1H3;3-4H,1-2H2,(H,5,7)(H,6,8). The largest absolute Gasteiger partial charge is 0.497 e. The topological polar surface area (TPSA) is 105 Å². The molecule has 8 heteroatoms. The number of carbonyl (C=O) groups excluding carboxylic acids is 2. The molecule has 0 aliphatic heterocycles. The van der Waals surface area contributed by atoms with Crippen molar-refractivity contribution in [3.05, 3.63) is 89.9 Å². The van der Waals surface area contributed by atoms with Gasteiger partial charge in [0.1, 0.15) is 11.5 Å². The number of methoxy groups -OCH3 is 2. The Morgan fingerprint density at radius 3 is 2.03 bits per heavy atom. The van der Waals surface area contributed by atoms with Gasteiger partial charge in [0.25, 0.3) is 0 Å². The molecule has 0 unspecified atom stereocenters. The second-order valence-electron chi connectivity index (χ2n) is 7.73. The summed E-state index contributed by atoms with van der Waals surface area (Å²) in [6.07, 6.45) is 4.03. The van der Waals surface area contributed by atoms with Crippen molar-refractivity contribution in [1.82, 2.24) is 20.6 Å². The molecule has 2 aromatic heterocycles. The third-order valence-corrected chi connectivity index (χ3v) is 4.90. The summed E-state index contributed by atoms with van der Waals surface area (Å²) in [5.74, 6) is 1.85. The number of hydrogen-bond acceptors (Lipinski definition) is 5. The van der Waals surface area contributed by atoms with E-state index in [1.54, 1.807) is 20.4 Å². The van der Waals surface area contributed by atoms with Crippen LogP contribution in [0.5, 0.6) is 11.5 Å². The summed E-state index contributed by atoms with van der Waals surface area (Å²) in [5, 5.41) is 5.96. The van der Waals surface area contributed by atoms with Gasteiger partial charge in [0.15, 0.2) is 0 Å². The molecule has 0 saturated carbocycles. The summed E-state index contributed by atoms with van der Waals surface area (Å²) < 4.78 is 10.2. The number of hydrogen-bond donors (Lipinski definition) is 3. The number of nitrogens with one attached hydrogen (secondary N) is 3. The van der Waals surface area contributed by atoms with Gasteiger partial charge in [0.2, 0.25) is 12.8 Å². The Bertz CT molecular complexity index is 1130. The van der Waals surface area contributed by atoms with Gasteiger partial charge in [-0.2, -0.15) is 0 Å². The molecule has 2 heterocycles. The molecular formula is C29H38N4O4. The van der Waals surface area contributed by atoms with E-state index >= 15 is 0 Å². The Balaban J connectivity index is 0.000000253. The molecule has 4 aromatic rings. The fourth-order valence-electron chi connectivity index (χ4n) is 2.99. The molecule has 0 atom stereocenters. The second kappa shape index (κ2) is 18.9. The number of carbonyl (C=O) groups is 2. The van der Waals surface area contributed by atoms with E-state index in [1.807, 2.05) is 62.4 Å². The van der Waals surface area contributed by atoms with E-state index in [9.17, 15) is 9.59 Å². The molecule has 4 rings (SSSR count). The number of aromatic nitrogens is 2. The minimum atomic E-state index is 0.488. The van der Waals surface area contributed by atoms with Gasteiger partial charge in [0.05, 0.1) is 14.2 Å². The number of aromatic amines is 1. The van der Waals surface area contributed by atoms with Crippen LogP contribution in [0.2, 0.25) is 0 Å². The van der Waals surface area contributed by atoms with Crippen molar-refractivity contribution in [1.29, 1.82) is 0 Å². The van der Waals surface area contributed by atoms with E-state index in [4.69, 9.17) is 9.47 Å². The van der Waals surface area contributed by atoms with E-state index in [-0.39, 0.29) is 0 Å².